The van der Waals surface area contributed by atoms with Crippen molar-refractivity contribution < 1.29 is 14.0 Å². The number of amides is 2. The highest BCUT2D eigenvalue weighted by Gasteiger charge is 2.25. The number of carbonyl (C=O) groups is 2. The van der Waals surface area contributed by atoms with Gasteiger partial charge in [-0.1, -0.05) is 22.0 Å². The van der Waals surface area contributed by atoms with Crippen LogP contribution in [0.15, 0.2) is 53.0 Å². The van der Waals surface area contributed by atoms with Gasteiger partial charge in [-0.3, -0.25) is 9.59 Å². The van der Waals surface area contributed by atoms with Crippen molar-refractivity contribution in [3.63, 3.8) is 0 Å². The van der Waals surface area contributed by atoms with Crippen LogP contribution in [0.1, 0.15) is 33.6 Å². The molecule has 1 saturated heterocycles. The lowest BCUT2D eigenvalue weighted by Gasteiger charge is -2.32. The minimum atomic E-state index is -0.414. The first-order valence-electron chi connectivity index (χ1n) is 8.14. The first-order valence-corrected chi connectivity index (χ1v) is 8.93. The molecular formula is C19H18BrFN2O2. The Balaban J connectivity index is 1.54. The van der Waals surface area contributed by atoms with Gasteiger partial charge in [-0.05, 0) is 55.3 Å². The van der Waals surface area contributed by atoms with Gasteiger partial charge >= 0.3 is 0 Å². The van der Waals surface area contributed by atoms with Crippen LogP contribution in [0.5, 0.6) is 0 Å². The van der Waals surface area contributed by atoms with E-state index in [2.05, 4.69) is 21.2 Å². The van der Waals surface area contributed by atoms with Gasteiger partial charge < -0.3 is 10.2 Å². The third-order valence-electron chi connectivity index (χ3n) is 4.30. The van der Waals surface area contributed by atoms with Gasteiger partial charge in [-0.25, -0.2) is 4.39 Å². The smallest absolute Gasteiger partial charge is 0.253 e. The van der Waals surface area contributed by atoms with Gasteiger partial charge in [-0.2, -0.15) is 0 Å². The van der Waals surface area contributed by atoms with Crippen LogP contribution in [0, 0.1) is 5.82 Å². The Labute approximate surface area is 154 Å². The first-order chi connectivity index (χ1) is 12.0. The molecule has 2 aromatic carbocycles. The fourth-order valence-electron chi connectivity index (χ4n) is 2.90. The molecule has 1 fully saturated rings. The minimum Gasteiger partial charge on any atom is -0.349 e. The molecular weight excluding hydrogens is 387 g/mol. The van der Waals surface area contributed by atoms with Crippen LogP contribution < -0.4 is 5.32 Å². The average Bonchev–Trinajstić information content (AvgIpc) is 2.62. The van der Waals surface area contributed by atoms with Crippen molar-refractivity contribution in [1.29, 1.82) is 0 Å². The molecule has 4 nitrogen and oxygen atoms in total. The fourth-order valence-corrected chi connectivity index (χ4v) is 3.17. The molecule has 1 aliphatic rings. The second kappa shape index (κ2) is 7.78. The van der Waals surface area contributed by atoms with Crippen LogP contribution in [0.2, 0.25) is 0 Å². The number of rotatable bonds is 3. The SMILES string of the molecule is O=C(NC1CCN(C(=O)c2cccc(F)c2)CC1)c1ccc(Br)cc1. The van der Waals surface area contributed by atoms with Gasteiger partial charge in [0, 0.05) is 34.7 Å². The van der Waals surface area contributed by atoms with Crippen molar-refractivity contribution in [2.24, 2.45) is 0 Å². The monoisotopic (exact) mass is 404 g/mol. The van der Waals surface area contributed by atoms with Crippen LogP contribution in [0.3, 0.4) is 0 Å². The highest BCUT2D eigenvalue weighted by molar-refractivity contribution is 9.10. The van der Waals surface area contributed by atoms with Gasteiger partial charge in [0.2, 0.25) is 0 Å². The maximum Gasteiger partial charge on any atom is 0.253 e. The molecule has 0 radical (unpaired) electrons. The van der Waals surface area contributed by atoms with Crippen molar-refractivity contribution in [2.45, 2.75) is 18.9 Å². The number of benzene rings is 2. The van der Waals surface area contributed by atoms with Crippen molar-refractivity contribution in [3.05, 3.63) is 69.9 Å². The largest absolute Gasteiger partial charge is 0.349 e. The van der Waals surface area contributed by atoms with E-state index < -0.39 is 5.82 Å². The summed E-state index contributed by atoms with van der Waals surface area (Å²) in [5, 5.41) is 3.01. The third kappa shape index (κ3) is 4.45. The molecule has 0 bridgehead atoms. The van der Waals surface area contributed by atoms with Crippen molar-refractivity contribution >= 4 is 27.7 Å². The third-order valence-corrected chi connectivity index (χ3v) is 4.82. The van der Waals surface area contributed by atoms with E-state index >= 15 is 0 Å². The van der Waals surface area contributed by atoms with Crippen molar-refractivity contribution in [1.82, 2.24) is 10.2 Å². The number of halogens is 2. The molecule has 25 heavy (non-hydrogen) atoms. The summed E-state index contributed by atoms with van der Waals surface area (Å²) in [6.45, 7) is 1.08. The van der Waals surface area contributed by atoms with Crippen LogP contribution in [-0.2, 0) is 0 Å². The lowest BCUT2D eigenvalue weighted by atomic mass is 10.0. The summed E-state index contributed by atoms with van der Waals surface area (Å²) in [7, 11) is 0. The molecule has 0 aliphatic carbocycles. The Morgan fingerprint density at radius 3 is 2.36 bits per heavy atom. The van der Waals surface area contributed by atoms with Crippen LogP contribution >= 0.6 is 15.9 Å². The summed E-state index contributed by atoms with van der Waals surface area (Å²) in [4.78, 5) is 26.4. The molecule has 1 aliphatic heterocycles. The number of nitrogens with zero attached hydrogens (tertiary/aromatic N) is 1. The quantitative estimate of drug-likeness (QED) is 0.848. The van der Waals surface area contributed by atoms with E-state index in [4.69, 9.17) is 0 Å². The molecule has 2 amide bonds. The molecule has 1 N–H and O–H groups in total. The second-order valence-corrected chi connectivity index (χ2v) is 6.97. The lowest BCUT2D eigenvalue weighted by Crippen LogP contribution is -2.46. The summed E-state index contributed by atoms with van der Waals surface area (Å²) in [5.74, 6) is -0.693. The number of hydrogen-bond donors (Lipinski definition) is 1. The fraction of sp³-hybridized carbons (Fsp3) is 0.263. The Morgan fingerprint density at radius 2 is 1.72 bits per heavy atom. The van der Waals surface area contributed by atoms with E-state index in [0.29, 0.717) is 37.1 Å². The van der Waals surface area contributed by atoms with E-state index in [0.717, 1.165) is 4.47 Å². The molecule has 0 aromatic heterocycles. The summed E-state index contributed by atoms with van der Waals surface area (Å²) in [6, 6.07) is 13.0. The molecule has 2 aromatic rings. The van der Waals surface area contributed by atoms with E-state index in [9.17, 15) is 14.0 Å². The summed E-state index contributed by atoms with van der Waals surface area (Å²) in [6.07, 6.45) is 1.37. The van der Waals surface area contributed by atoms with Crippen molar-refractivity contribution in [2.75, 3.05) is 13.1 Å². The zero-order valence-electron chi connectivity index (χ0n) is 13.5. The Bertz CT molecular complexity index is 771. The van der Waals surface area contributed by atoms with Crippen molar-refractivity contribution in [3.8, 4) is 0 Å². The predicted octanol–water partition coefficient (Wildman–Crippen LogP) is 3.62. The molecule has 6 heteroatoms. The molecule has 1 heterocycles. The van der Waals surface area contributed by atoms with Gasteiger partial charge in [0.05, 0.1) is 0 Å². The standard InChI is InChI=1S/C19H18BrFN2O2/c20-15-6-4-13(5-7-15)18(24)22-17-8-10-23(11-9-17)19(25)14-2-1-3-16(21)12-14/h1-7,12,17H,8-11H2,(H,22,24). The maximum absolute atomic E-state index is 13.3. The predicted molar refractivity (Wildman–Crippen MR) is 96.9 cm³/mol. The highest BCUT2D eigenvalue weighted by Crippen LogP contribution is 2.16. The summed E-state index contributed by atoms with van der Waals surface area (Å²) >= 11 is 3.34. The summed E-state index contributed by atoms with van der Waals surface area (Å²) < 4.78 is 14.2. The van der Waals surface area contributed by atoms with E-state index in [1.807, 2.05) is 12.1 Å². The Morgan fingerprint density at radius 1 is 1.04 bits per heavy atom. The van der Waals surface area contributed by atoms with E-state index in [1.54, 1.807) is 23.1 Å². The minimum absolute atomic E-state index is 0.0349. The first kappa shape index (κ1) is 17.6. The molecule has 0 atom stereocenters. The molecule has 130 valence electrons. The summed E-state index contributed by atoms with van der Waals surface area (Å²) in [5.41, 5.74) is 0.971. The number of likely N-dealkylation sites (tertiary alicyclic amines) is 1. The molecule has 0 unspecified atom stereocenters. The maximum atomic E-state index is 13.3. The van der Waals surface area contributed by atoms with Crippen LogP contribution in [0.4, 0.5) is 4.39 Å². The second-order valence-electron chi connectivity index (χ2n) is 6.06. The van der Waals surface area contributed by atoms with E-state index in [1.165, 1.54) is 18.2 Å². The van der Waals surface area contributed by atoms with Gasteiger partial charge in [0.15, 0.2) is 0 Å². The van der Waals surface area contributed by atoms with Crippen LogP contribution in [0.25, 0.3) is 0 Å². The van der Waals surface area contributed by atoms with Gasteiger partial charge in [-0.15, -0.1) is 0 Å². The molecule has 3 rings (SSSR count). The Hall–Kier alpha value is -2.21. The molecule has 0 spiro atoms. The normalized spacial score (nSPS) is 15.0. The van der Waals surface area contributed by atoms with Gasteiger partial charge in [0.1, 0.15) is 5.82 Å². The number of nitrogens with one attached hydrogen (secondary N) is 1. The lowest BCUT2D eigenvalue weighted by molar-refractivity contribution is 0.0697. The average molecular weight is 405 g/mol. The van der Waals surface area contributed by atoms with E-state index in [-0.39, 0.29) is 17.9 Å². The number of carbonyl (C=O) groups excluding carboxylic acids is 2. The number of hydrogen-bond acceptors (Lipinski definition) is 2. The van der Waals surface area contributed by atoms with Gasteiger partial charge in [0.25, 0.3) is 11.8 Å². The Kier molecular flexibility index (Phi) is 5.48. The van der Waals surface area contributed by atoms with Crippen LogP contribution in [-0.4, -0.2) is 35.8 Å². The number of piperidine rings is 1. The zero-order chi connectivity index (χ0) is 17.8. The topological polar surface area (TPSA) is 49.4 Å². The molecule has 0 saturated carbocycles. The zero-order valence-corrected chi connectivity index (χ0v) is 15.1. The highest BCUT2D eigenvalue weighted by atomic mass is 79.9.